The monoisotopic (exact) mass is 397 g/mol. The topological polar surface area (TPSA) is 125 Å². The smallest absolute Gasteiger partial charge is 0.240 e. The van der Waals surface area contributed by atoms with Crippen molar-refractivity contribution < 1.29 is 19.8 Å². The van der Waals surface area contributed by atoms with Gasteiger partial charge in [0, 0.05) is 30.4 Å². The van der Waals surface area contributed by atoms with Crippen LogP contribution in [-0.4, -0.2) is 63.8 Å². The molecule has 0 fully saturated rings. The Kier molecular flexibility index (Phi) is 7.95. The number of aliphatic imine (C=N–C) groups is 1. The maximum Gasteiger partial charge on any atom is 0.240 e. The summed E-state index contributed by atoms with van der Waals surface area (Å²) in [6.07, 6.45) is 6.12. The van der Waals surface area contributed by atoms with Crippen molar-refractivity contribution in [1.82, 2.24) is 5.32 Å². The summed E-state index contributed by atoms with van der Waals surface area (Å²) in [4.78, 5) is 27.8. The highest BCUT2D eigenvalue weighted by atomic mass is 32.2. The normalized spacial score (nSPS) is 19.7. The summed E-state index contributed by atoms with van der Waals surface area (Å²) in [7, 11) is 0. The third kappa shape index (κ3) is 5.23. The van der Waals surface area contributed by atoms with E-state index in [4.69, 9.17) is 20.9 Å². The standard InChI is InChI=1S/C17H23N3O4S2/c1-10(23)19-13(16(18)24)9-12-11-3-2-4-14(25-7-5-21)15(11)20-17(12)26-8-6-22/h2-4,13-14,21-22H,5-9H2,1H3,(H2,18,24)(H,19,23). The number of hydrogen-bond acceptors (Lipinski definition) is 7. The van der Waals surface area contributed by atoms with E-state index < -0.39 is 11.9 Å². The number of primary amides is 1. The van der Waals surface area contributed by atoms with Crippen LogP contribution in [0, 0.1) is 0 Å². The van der Waals surface area contributed by atoms with E-state index in [1.54, 1.807) is 11.8 Å². The van der Waals surface area contributed by atoms with Gasteiger partial charge in [-0.1, -0.05) is 18.2 Å². The highest BCUT2D eigenvalue weighted by Gasteiger charge is 2.32. The second-order valence-corrected chi connectivity index (χ2v) is 8.03. The molecule has 2 rings (SSSR count). The van der Waals surface area contributed by atoms with Gasteiger partial charge in [0.15, 0.2) is 0 Å². The Morgan fingerprint density at radius 2 is 2.08 bits per heavy atom. The van der Waals surface area contributed by atoms with Gasteiger partial charge in [-0.3, -0.25) is 9.59 Å². The number of allylic oxidation sites excluding steroid dienone is 3. The maximum absolute atomic E-state index is 11.7. The molecule has 1 aliphatic heterocycles. The molecular formula is C17H23N3O4S2. The molecule has 1 heterocycles. The molecule has 0 radical (unpaired) electrons. The predicted octanol–water partition coefficient (Wildman–Crippen LogP) is 0.349. The molecule has 1 aliphatic carbocycles. The average molecular weight is 398 g/mol. The van der Waals surface area contributed by atoms with Crippen LogP contribution >= 0.6 is 23.5 Å². The Bertz CT molecular complexity index is 685. The van der Waals surface area contributed by atoms with Crippen LogP contribution in [0.2, 0.25) is 0 Å². The molecule has 0 aromatic carbocycles. The van der Waals surface area contributed by atoms with Crippen molar-refractivity contribution in [3.63, 3.8) is 0 Å². The first-order valence-electron chi connectivity index (χ1n) is 8.21. The molecule has 2 aliphatic rings. The van der Waals surface area contributed by atoms with E-state index in [9.17, 15) is 9.59 Å². The lowest BCUT2D eigenvalue weighted by Crippen LogP contribution is -2.44. The van der Waals surface area contributed by atoms with Crippen LogP contribution in [0.25, 0.3) is 0 Å². The minimum Gasteiger partial charge on any atom is -0.396 e. The Hall–Kier alpha value is -1.55. The summed E-state index contributed by atoms with van der Waals surface area (Å²) in [6.45, 7) is 1.43. The lowest BCUT2D eigenvalue weighted by molar-refractivity contribution is -0.126. The molecule has 7 nitrogen and oxygen atoms in total. The number of hydrogen-bond donors (Lipinski definition) is 4. The summed E-state index contributed by atoms with van der Waals surface area (Å²) in [6, 6.07) is -0.822. The summed E-state index contributed by atoms with van der Waals surface area (Å²) in [5.74, 6) is 0.135. The second-order valence-electron chi connectivity index (χ2n) is 5.69. The van der Waals surface area contributed by atoms with Gasteiger partial charge in [-0.25, -0.2) is 4.99 Å². The Morgan fingerprint density at radius 3 is 2.69 bits per heavy atom. The van der Waals surface area contributed by atoms with Crippen molar-refractivity contribution in [2.24, 2.45) is 10.7 Å². The van der Waals surface area contributed by atoms with Crippen LogP contribution in [0.3, 0.4) is 0 Å². The fourth-order valence-electron chi connectivity index (χ4n) is 2.70. The van der Waals surface area contributed by atoms with E-state index in [1.807, 2.05) is 18.2 Å². The number of carbonyl (C=O) groups excluding carboxylic acids is 2. The van der Waals surface area contributed by atoms with Crippen molar-refractivity contribution in [2.45, 2.75) is 24.6 Å². The number of amides is 2. The first-order valence-corrected chi connectivity index (χ1v) is 10.2. The zero-order chi connectivity index (χ0) is 19.1. The Balaban J connectivity index is 2.28. The Morgan fingerprint density at radius 1 is 1.35 bits per heavy atom. The number of aliphatic hydroxyl groups excluding tert-OH is 2. The molecule has 2 atom stereocenters. The predicted molar refractivity (Wildman–Crippen MR) is 106 cm³/mol. The molecule has 0 spiro atoms. The fourth-order valence-corrected chi connectivity index (χ4v) is 4.41. The highest BCUT2D eigenvalue weighted by Crippen LogP contribution is 2.40. The van der Waals surface area contributed by atoms with E-state index in [-0.39, 0.29) is 30.8 Å². The zero-order valence-corrected chi connectivity index (χ0v) is 16.1. The van der Waals surface area contributed by atoms with Gasteiger partial charge >= 0.3 is 0 Å². The molecule has 0 bridgehead atoms. The Labute approximate surface area is 160 Å². The van der Waals surface area contributed by atoms with Crippen molar-refractivity contribution in [2.75, 3.05) is 24.7 Å². The molecule has 26 heavy (non-hydrogen) atoms. The second kappa shape index (κ2) is 9.96. The van der Waals surface area contributed by atoms with E-state index >= 15 is 0 Å². The summed E-state index contributed by atoms with van der Waals surface area (Å²) < 4.78 is 0. The number of thioether (sulfide) groups is 2. The van der Waals surface area contributed by atoms with Gasteiger partial charge in [0.05, 0.1) is 24.2 Å². The lowest BCUT2D eigenvalue weighted by Gasteiger charge is -2.20. The summed E-state index contributed by atoms with van der Waals surface area (Å²) >= 11 is 2.99. The SMILES string of the molecule is CC(=O)NC(CC1=C(SCCO)N=C2C1=CC=CC2SCCO)C(N)=O. The molecule has 142 valence electrons. The molecule has 0 aromatic heterocycles. The van der Waals surface area contributed by atoms with Crippen LogP contribution in [-0.2, 0) is 9.59 Å². The highest BCUT2D eigenvalue weighted by molar-refractivity contribution is 8.03. The van der Waals surface area contributed by atoms with Gasteiger partial charge in [-0.2, -0.15) is 0 Å². The number of nitrogens with one attached hydrogen (secondary N) is 1. The molecule has 2 amide bonds. The van der Waals surface area contributed by atoms with E-state index in [1.165, 1.54) is 18.7 Å². The maximum atomic E-state index is 11.7. The van der Waals surface area contributed by atoms with Crippen LogP contribution in [0.1, 0.15) is 13.3 Å². The number of carbonyl (C=O) groups is 2. The number of aliphatic hydroxyl groups is 2. The van der Waals surface area contributed by atoms with E-state index in [0.717, 1.165) is 21.9 Å². The van der Waals surface area contributed by atoms with Crippen molar-refractivity contribution in [1.29, 1.82) is 0 Å². The molecule has 9 heteroatoms. The average Bonchev–Trinajstić information content (AvgIpc) is 2.95. The minimum atomic E-state index is -0.822. The molecule has 0 saturated carbocycles. The summed E-state index contributed by atoms with van der Waals surface area (Å²) in [5, 5.41) is 21.6. The molecule has 2 unspecified atom stereocenters. The van der Waals surface area contributed by atoms with Gasteiger partial charge in [0.1, 0.15) is 11.1 Å². The fraction of sp³-hybridized carbons (Fsp3) is 0.471. The molecular weight excluding hydrogens is 374 g/mol. The number of fused-ring (bicyclic) bond motifs is 1. The lowest BCUT2D eigenvalue weighted by atomic mass is 9.93. The number of nitrogens with two attached hydrogens (primary N) is 1. The van der Waals surface area contributed by atoms with Gasteiger partial charge in [-0.15, -0.1) is 23.5 Å². The van der Waals surface area contributed by atoms with Gasteiger partial charge in [0.2, 0.25) is 11.8 Å². The zero-order valence-electron chi connectivity index (χ0n) is 14.5. The van der Waals surface area contributed by atoms with Crippen molar-refractivity contribution in [3.8, 4) is 0 Å². The van der Waals surface area contributed by atoms with Crippen LogP contribution in [0.5, 0.6) is 0 Å². The first kappa shape index (κ1) is 20.8. The quantitative estimate of drug-likeness (QED) is 0.421. The first-order chi connectivity index (χ1) is 12.5. The van der Waals surface area contributed by atoms with Crippen molar-refractivity contribution >= 4 is 41.0 Å². The van der Waals surface area contributed by atoms with E-state index in [2.05, 4.69) is 5.32 Å². The molecule has 5 N–H and O–H groups in total. The third-order valence-electron chi connectivity index (χ3n) is 3.75. The minimum absolute atomic E-state index is 0.0111. The summed E-state index contributed by atoms with van der Waals surface area (Å²) in [5.41, 5.74) is 8.07. The number of nitrogens with zero attached hydrogens (tertiary/aromatic N) is 1. The van der Waals surface area contributed by atoms with Crippen LogP contribution in [0.15, 0.2) is 39.4 Å². The van der Waals surface area contributed by atoms with Gasteiger partial charge in [0.25, 0.3) is 0 Å². The van der Waals surface area contributed by atoms with Gasteiger partial charge in [-0.05, 0) is 5.57 Å². The van der Waals surface area contributed by atoms with Crippen LogP contribution in [0.4, 0.5) is 0 Å². The molecule has 0 aromatic rings. The largest absolute Gasteiger partial charge is 0.396 e. The van der Waals surface area contributed by atoms with E-state index in [0.29, 0.717) is 11.5 Å². The van der Waals surface area contributed by atoms with Crippen LogP contribution < -0.4 is 11.1 Å². The van der Waals surface area contributed by atoms with Gasteiger partial charge < -0.3 is 21.3 Å². The van der Waals surface area contributed by atoms with Crippen molar-refractivity contribution in [3.05, 3.63) is 34.4 Å². The third-order valence-corrected chi connectivity index (χ3v) is 5.90. The number of rotatable bonds is 10. The molecule has 0 saturated heterocycles.